The molecule has 0 spiro atoms. The second-order valence-corrected chi connectivity index (χ2v) is 6.57. The van der Waals surface area contributed by atoms with Crippen LogP contribution in [-0.2, 0) is 0 Å². The summed E-state index contributed by atoms with van der Waals surface area (Å²) in [5.74, 6) is 1.01. The van der Waals surface area contributed by atoms with E-state index in [-0.39, 0.29) is 7.43 Å². The number of aryl methyl sites for hydroxylation is 1. The van der Waals surface area contributed by atoms with E-state index < -0.39 is 0 Å². The van der Waals surface area contributed by atoms with Crippen LogP contribution in [0.15, 0.2) is 65.7 Å². The molecule has 26 heavy (non-hydrogen) atoms. The Bertz CT molecular complexity index is 1130. The number of nitrogens with zero attached hydrogens (tertiary/aromatic N) is 1. The topological polar surface area (TPSA) is 40.2 Å². The van der Waals surface area contributed by atoms with Crippen molar-refractivity contribution < 1.29 is 0 Å². The van der Waals surface area contributed by atoms with E-state index >= 15 is 0 Å². The lowest BCUT2D eigenvalue weighted by molar-refractivity contribution is 0.960. The molecule has 2 N–H and O–H groups in total. The van der Waals surface area contributed by atoms with E-state index in [4.69, 9.17) is 0 Å². The largest absolute Gasteiger partial charge is 0.368 e. The molecule has 0 fully saturated rings. The van der Waals surface area contributed by atoms with E-state index in [0.29, 0.717) is 0 Å². The summed E-state index contributed by atoms with van der Waals surface area (Å²) in [6, 6.07) is 21.7. The summed E-state index contributed by atoms with van der Waals surface area (Å²) in [5.41, 5.74) is 6.04. The predicted molar refractivity (Wildman–Crippen MR) is 112 cm³/mol. The van der Waals surface area contributed by atoms with Crippen LogP contribution in [0.3, 0.4) is 0 Å². The number of rotatable bonds is 2. The molecule has 5 rings (SSSR count). The van der Waals surface area contributed by atoms with Crippen molar-refractivity contribution in [1.82, 2.24) is 10.3 Å². The number of hydrogen-bond donors (Lipinski definition) is 2. The van der Waals surface area contributed by atoms with Crippen LogP contribution in [0.25, 0.3) is 32.8 Å². The molecule has 3 heteroatoms. The van der Waals surface area contributed by atoms with Gasteiger partial charge in [-0.2, -0.15) is 0 Å². The van der Waals surface area contributed by atoms with Crippen LogP contribution < -0.4 is 5.32 Å². The Morgan fingerprint density at radius 1 is 0.923 bits per heavy atom. The maximum atomic E-state index is 4.63. The third-order valence-corrected chi connectivity index (χ3v) is 5.00. The molecule has 0 unspecified atom stereocenters. The molecule has 2 heterocycles. The lowest BCUT2D eigenvalue weighted by Gasteiger charge is -2.08. The number of amidine groups is 1. The van der Waals surface area contributed by atoms with Crippen molar-refractivity contribution in [3.63, 3.8) is 0 Å². The Balaban J connectivity index is 0.00000168. The maximum Gasteiger partial charge on any atom is 0.130 e. The Kier molecular flexibility index (Phi) is 4.00. The van der Waals surface area contributed by atoms with Gasteiger partial charge in [-0.15, -0.1) is 0 Å². The first kappa shape index (κ1) is 16.4. The lowest BCUT2D eigenvalue weighted by Crippen LogP contribution is -2.19. The quantitative estimate of drug-likeness (QED) is 0.511. The van der Waals surface area contributed by atoms with Gasteiger partial charge in [0.1, 0.15) is 5.84 Å². The molecular formula is C23H23N3. The van der Waals surface area contributed by atoms with Crippen LogP contribution in [0.5, 0.6) is 0 Å². The highest BCUT2D eigenvalue weighted by Gasteiger charge is 2.17. The number of H-pyrrole nitrogens is 1. The van der Waals surface area contributed by atoms with Gasteiger partial charge in [-0.3, -0.25) is 4.99 Å². The summed E-state index contributed by atoms with van der Waals surface area (Å²) in [4.78, 5) is 8.13. The summed E-state index contributed by atoms with van der Waals surface area (Å²) in [6.07, 6.45) is 0. The minimum atomic E-state index is 0. The maximum absolute atomic E-state index is 4.63. The minimum absolute atomic E-state index is 0. The van der Waals surface area contributed by atoms with Gasteiger partial charge in [0.05, 0.1) is 6.54 Å². The van der Waals surface area contributed by atoms with Gasteiger partial charge in [-0.05, 0) is 41.0 Å². The van der Waals surface area contributed by atoms with Crippen molar-refractivity contribution in [3.8, 4) is 11.1 Å². The molecule has 1 aromatic heterocycles. The third kappa shape index (κ3) is 2.48. The number of benzene rings is 3. The highest BCUT2D eigenvalue weighted by atomic mass is 15.1. The first-order valence-corrected chi connectivity index (χ1v) is 8.70. The van der Waals surface area contributed by atoms with E-state index in [1.54, 1.807) is 0 Å². The molecular weight excluding hydrogens is 318 g/mol. The standard InChI is InChI=1S/C22H19N3.CH4/c1-14-21(22-23-11-12-24-22)19-13-16(9-10-20(19)25-14)18-8-4-6-15-5-2-3-7-17(15)18;/h2-10,13,25H,11-12H2,1H3,(H,23,24);1H4. The molecule has 3 nitrogen and oxygen atoms in total. The molecule has 0 saturated carbocycles. The Morgan fingerprint density at radius 3 is 2.62 bits per heavy atom. The van der Waals surface area contributed by atoms with Gasteiger partial charge in [0.25, 0.3) is 0 Å². The average Bonchev–Trinajstić information content (AvgIpc) is 3.27. The lowest BCUT2D eigenvalue weighted by atomic mass is 9.96. The summed E-state index contributed by atoms with van der Waals surface area (Å²) in [7, 11) is 0. The fourth-order valence-electron chi connectivity index (χ4n) is 3.84. The van der Waals surface area contributed by atoms with E-state index in [0.717, 1.165) is 24.4 Å². The number of fused-ring (bicyclic) bond motifs is 2. The van der Waals surface area contributed by atoms with Gasteiger partial charge in [-0.25, -0.2) is 0 Å². The summed E-state index contributed by atoms with van der Waals surface area (Å²) >= 11 is 0. The van der Waals surface area contributed by atoms with Gasteiger partial charge in [-0.1, -0.05) is 56.0 Å². The number of nitrogens with one attached hydrogen (secondary N) is 2. The zero-order chi connectivity index (χ0) is 16.8. The van der Waals surface area contributed by atoms with E-state index in [9.17, 15) is 0 Å². The summed E-state index contributed by atoms with van der Waals surface area (Å²) in [6.45, 7) is 3.89. The first-order chi connectivity index (χ1) is 12.3. The normalized spacial score (nSPS) is 13.5. The van der Waals surface area contributed by atoms with Crippen molar-refractivity contribution >= 4 is 27.5 Å². The second-order valence-electron chi connectivity index (χ2n) is 6.57. The van der Waals surface area contributed by atoms with Gasteiger partial charge in [0.2, 0.25) is 0 Å². The van der Waals surface area contributed by atoms with E-state index in [1.807, 2.05) is 0 Å². The highest BCUT2D eigenvalue weighted by molar-refractivity contribution is 6.12. The van der Waals surface area contributed by atoms with Crippen molar-refractivity contribution in [2.75, 3.05) is 13.1 Å². The van der Waals surface area contributed by atoms with Crippen molar-refractivity contribution in [2.24, 2.45) is 4.99 Å². The fraction of sp³-hybridized carbons (Fsp3) is 0.174. The van der Waals surface area contributed by atoms with Crippen molar-refractivity contribution in [1.29, 1.82) is 0 Å². The monoisotopic (exact) mass is 341 g/mol. The van der Waals surface area contributed by atoms with Crippen LogP contribution >= 0.6 is 0 Å². The molecule has 0 saturated heterocycles. The number of hydrogen-bond acceptors (Lipinski definition) is 2. The van der Waals surface area contributed by atoms with Crippen LogP contribution in [0.4, 0.5) is 0 Å². The van der Waals surface area contributed by atoms with Gasteiger partial charge >= 0.3 is 0 Å². The Labute approximate surface area is 153 Å². The van der Waals surface area contributed by atoms with Crippen molar-refractivity contribution in [3.05, 3.63) is 71.9 Å². The SMILES string of the molecule is C.Cc1[nH]c2ccc(-c3cccc4ccccc34)cc2c1C1=NCCN1. The number of aromatic nitrogens is 1. The van der Waals surface area contributed by atoms with Crippen LogP contribution in [0.1, 0.15) is 18.7 Å². The Morgan fingerprint density at radius 2 is 1.77 bits per heavy atom. The zero-order valence-corrected chi connectivity index (χ0v) is 14.1. The second kappa shape index (κ2) is 6.34. The molecule has 0 radical (unpaired) electrons. The van der Waals surface area contributed by atoms with Gasteiger partial charge < -0.3 is 10.3 Å². The summed E-state index contributed by atoms with van der Waals surface area (Å²) < 4.78 is 0. The molecule has 1 aliphatic rings. The Hall–Kier alpha value is -3.07. The summed E-state index contributed by atoms with van der Waals surface area (Å²) in [5, 5.41) is 7.20. The fourth-order valence-corrected chi connectivity index (χ4v) is 3.84. The molecule has 0 bridgehead atoms. The number of aromatic amines is 1. The zero-order valence-electron chi connectivity index (χ0n) is 14.1. The number of aliphatic imine (C=N–C) groups is 1. The first-order valence-electron chi connectivity index (χ1n) is 8.70. The predicted octanol–water partition coefficient (Wildman–Crippen LogP) is 5.28. The smallest absolute Gasteiger partial charge is 0.130 e. The van der Waals surface area contributed by atoms with Gasteiger partial charge in [0, 0.05) is 28.7 Å². The van der Waals surface area contributed by atoms with Crippen LogP contribution in [0, 0.1) is 6.92 Å². The molecule has 1 aliphatic heterocycles. The van der Waals surface area contributed by atoms with Crippen LogP contribution in [0.2, 0.25) is 0 Å². The average molecular weight is 341 g/mol. The molecule has 130 valence electrons. The van der Waals surface area contributed by atoms with Gasteiger partial charge in [0.15, 0.2) is 0 Å². The molecule has 4 aromatic rings. The third-order valence-electron chi connectivity index (χ3n) is 5.00. The van der Waals surface area contributed by atoms with E-state index in [1.165, 1.54) is 38.5 Å². The molecule has 3 aromatic carbocycles. The molecule has 0 amide bonds. The molecule has 0 atom stereocenters. The van der Waals surface area contributed by atoms with Crippen LogP contribution in [-0.4, -0.2) is 23.9 Å². The van der Waals surface area contributed by atoms with E-state index in [2.05, 4.69) is 82.9 Å². The molecule has 0 aliphatic carbocycles. The van der Waals surface area contributed by atoms with Crippen molar-refractivity contribution in [2.45, 2.75) is 14.4 Å². The minimum Gasteiger partial charge on any atom is -0.368 e. The highest BCUT2D eigenvalue weighted by Crippen LogP contribution is 2.32.